The molecule has 1 saturated heterocycles. The molecule has 1 aromatic heterocycles. The van der Waals surface area contributed by atoms with Gasteiger partial charge >= 0.3 is 0 Å². The fourth-order valence-corrected chi connectivity index (χ4v) is 2.60. The largest absolute Gasteiger partial charge is 0.497 e. The molecule has 1 unspecified atom stereocenters. The SMILES string of the molecule is COc1cccc(-c2cncc(C3CCCNC3)n2)c1.Cl. The normalized spacial score (nSPS) is 17.9. The van der Waals surface area contributed by atoms with E-state index in [4.69, 9.17) is 9.72 Å². The summed E-state index contributed by atoms with van der Waals surface area (Å²) in [6, 6.07) is 7.94. The van der Waals surface area contributed by atoms with Gasteiger partial charge in [-0.15, -0.1) is 12.4 Å². The first-order valence-corrected chi connectivity index (χ1v) is 7.04. The molecular weight excluding hydrogens is 286 g/mol. The second-order valence-electron chi connectivity index (χ2n) is 5.10. The van der Waals surface area contributed by atoms with Crippen LogP contribution in [0.1, 0.15) is 24.5 Å². The van der Waals surface area contributed by atoms with Crippen LogP contribution in [0, 0.1) is 0 Å². The minimum absolute atomic E-state index is 0. The molecule has 0 bridgehead atoms. The lowest BCUT2D eigenvalue weighted by Gasteiger charge is -2.22. The molecule has 0 spiro atoms. The Labute approximate surface area is 131 Å². The van der Waals surface area contributed by atoms with E-state index in [0.29, 0.717) is 5.92 Å². The van der Waals surface area contributed by atoms with Gasteiger partial charge in [0, 0.05) is 24.2 Å². The molecule has 3 rings (SSSR count). The molecule has 0 amide bonds. The van der Waals surface area contributed by atoms with Gasteiger partial charge in [0.25, 0.3) is 0 Å². The lowest BCUT2D eigenvalue weighted by molar-refractivity contribution is 0.415. The van der Waals surface area contributed by atoms with Crippen molar-refractivity contribution >= 4 is 12.4 Å². The van der Waals surface area contributed by atoms with Crippen molar-refractivity contribution in [3.05, 3.63) is 42.4 Å². The van der Waals surface area contributed by atoms with E-state index >= 15 is 0 Å². The molecule has 1 atom stereocenters. The zero-order chi connectivity index (χ0) is 13.8. The Kier molecular flexibility index (Phi) is 5.53. The van der Waals surface area contributed by atoms with E-state index in [1.807, 2.05) is 36.7 Å². The molecule has 1 N–H and O–H groups in total. The van der Waals surface area contributed by atoms with Crippen molar-refractivity contribution in [2.24, 2.45) is 0 Å². The van der Waals surface area contributed by atoms with E-state index < -0.39 is 0 Å². The summed E-state index contributed by atoms with van der Waals surface area (Å²) in [7, 11) is 1.68. The number of nitrogens with one attached hydrogen (secondary N) is 1. The lowest BCUT2D eigenvalue weighted by atomic mass is 9.96. The van der Waals surface area contributed by atoms with E-state index in [-0.39, 0.29) is 12.4 Å². The van der Waals surface area contributed by atoms with Gasteiger partial charge in [0.05, 0.1) is 24.7 Å². The molecule has 2 aromatic rings. The smallest absolute Gasteiger partial charge is 0.119 e. The minimum atomic E-state index is 0. The van der Waals surface area contributed by atoms with E-state index in [1.54, 1.807) is 7.11 Å². The Morgan fingerprint density at radius 2 is 2.19 bits per heavy atom. The molecule has 4 nitrogen and oxygen atoms in total. The third kappa shape index (κ3) is 3.71. The standard InChI is InChI=1S/C16H19N3O.ClH/c1-20-14-6-2-4-12(8-14)15-10-18-11-16(19-15)13-5-3-7-17-9-13;/h2,4,6,8,10-11,13,17H,3,5,7,9H2,1H3;1H. The maximum Gasteiger partial charge on any atom is 0.119 e. The van der Waals surface area contributed by atoms with Gasteiger partial charge in [-0.25, -0.2) is 4.98 Å². The van der Waals surface area contributed by atoms with Gasteiger partial charge in [-0.2, -0.15) is 0 Å². The van der Waals surface area contributed by atoms with Crippen molar-refractivity contribution in [2.75, 3.05) is 20.2 Å². The van der Waals surface area contributed by atoms with Crippen molar-refractivity contribution in [3.8, 4) is 17.0 Å². The molecule has 112 valence electrons. The third-order valence-electron chi connectivity index (χ3n) is 3.73. The van der Waals surface area contributed by atoms with Gasteiger partial charge in [-0.05, 0) is 31.5 Å². The van der Waals surface area contributed by atoms with Crippen LogP contribution in [-0.4, -0.2) is 30.2 Å². The third-order valence-corrected chi connectivity index (χ3v) is 3.73. The van der Waals surface area contributed by atoms with Gasteiger partial charge in [-0.3, -0.25) is 4.98 Å². The van der Waals surface area contributed by atoms with Crippen LogP contribution in [0.4, 0.5) is 0 Å². The predicted molar refractivity (Wildman–Crippen MR) is 86.1 cm³/mol. The number of benzene rings is 1. The number of methoxy groups -OCH3 is 1. The van der Waals surface area contributed by atoms with Crippen LogP contribution in [0.2, 0.25) is 0 Å². The van der Waals surface area contributed by atoms with Crippen molar-refractivity contribution < 1.29 is 4.74 Å². The molecule has 0 aliphatic carbocycles. The number of halogens is 1. The number of rotatable bonds is 3. The van der Waals surface area contributed by atoms with Gasteiger partial charge in [-0.1, -0.05) is 12.1 Å². The number of piperidine rings is 1. The van der Waals surface area contributed by atoms with E-state index in [2.05, 4.69) is 10.3 Å². The number of hydrogen-bond acceptors (Lipinski definition) is 4. The summed E-state index contributed by atoms with van der Waals surface area (Å²) in [5, 5.41) is 3.42. The van der Waals surface area contributed by atoms with Gasteiger partial charge < -0.3 is 10.1 Å². The summed E-state index contributed by atoms with van der Waals surface area (Å²) < 4.78 is 5.26. The summed E-state index contributed by atoms with van der Waals surface area (Å²) >= 11 is 0. The van der Waals surface area contributed by atoms with Crippen LogP contribution >= 0.6 is 12.4 Å². The van der Waals surface area contributed by atoms with Crippen LogP contribution in [0.3, 0.4) is 0 Å². The summed E-state index contributed by atoms with van der Waals surface area (Å²) in [5.74, 6) is 1.32. The highest BCUT2D eigenvalue weighted by Crippen LogP contribution is 2.25. The number of ether oxygens (including phenoxy) is 1. The highest BCUT2D eigenvalue weighted by molar-refractivity contribution is 5.85. The minimum Gasteiger partial charge on any atom is -0.497 e. The molecular formula is C16H20ClN3O. The molecule has 0 radical (unpaired) electrons. The van der Waals surface area contributed by atoms with E-state index in [9.17, 15) is 0 Å². The molecule has 0 saturated carbocycles. The molecule has 1 aromatic carbocycles. The number of nitrogens with zero attached hydrogens (tertiary/aromatic N) is 2. The van der Waals surface area contributed by atoms with Crippen LogP contribution in [0.15, 0.2) is 36.7 Å². The summed E-state index contributed by atoms with van der Waals surface area (Å²) in [5.41, 5.74) is 3.03. The Balaban J connectivity index is 0.00000161. The fourth-order valence-electron chi connectivity index (χ4n) is 2.60. The van der Waals surface area contributed by atoms with Crippen LogP contribution < -0.4 is 10.1 Å². The number of aromatic nitrogens is 2. The average molecular weight is 306 g/mol. The zero-order valence-corrected chi connectivity index (χ0v) is 12.9. The van der Waals surface area contributed by atoms with E-state index in [0.717, 1.165) is 35.8 Å². The molecule has 5 heteroatoms. The van der Waals surface area contributed by atoms with E-state index in [1.165, 1.54) is 12.8 Å². The molecule has 1 aliphatic heterocycles. The van der Waals surface area contributed by atoms with Crippen LogP contribution in [0.25, 0.3) is 11.3 Å². The lowest BCUT2D eigenvalue weighted by Crippen LogP contribution is -2.28. The Morgan fingerprint density at radius 1 is 1.29 bits per heavy atom. The molecule has 21 heavy (non-hydrogen) atoms. The first kappa shape index (κ1) is 15.7. The van der Waals surface area contributed by atoms with Gasteiger partial charge in [0.1, 0.15) is 5.75 Å². The van der Waals surface area contributed by atoms with Gasteiger partial charge in [0.15, 0.2) is 0 Å². The summed E-state index contributed by atoms with van der Waals surface area (Å²) in [4.78, 5) is 9.14. The first-order valence-electron chi connectivity index (χ1n) is 7.04. The van der Waals surface area contributed by atoms with Gasteiger partial charge in [0.2, 0.25) is 0 Å². The second kappa shape index (κ2) is 7.38. The van der Waals surface area contributed by atoms with Crippen LogP contribution in [-0.2, 0) is 0 Å². The molecule has 1 fully saturated rings. The fraction of sp³-hybridized carbons (Fsp3) is 0.375. The van der Waals surface area contributed by atoms with Crippen molar-refractivity contribution in [2.45, 2.75) is 18.8 Å². The monoisotopic (exact) mass is 305 g/mol. The maximum absolute atomic E-state index is 5.26. The quantitative estimate of drug-likeness (QED) is 0.947. The summed E-state index contributed by atoms with van der Waals surface area (Å²) in [6.45, 7) is 2.11. The first-order chi connectivity index (χ1) is 9.86. The zero-order valence-electron chi connectivity index (χ0n) is 12.1. The Hall–Kier alpha value is -1.65. The average Bonchev–Trinajstić information content (AvgIpc) is 2.56. The van der Waals surface area contributed by atoms with Crippen molar-refractivity contribution in [1.82, 2.24) is 15.3 Å². The topological polar surface area (TPSA) is 47.0 Å². The maximum atomic E-state index is 5.26. The predicted octanol–water partition coefficient (Wildman–Crippen LogP) is 3.04. The second-order valence-corrected chi connectivity index (χ2v) is 5.10. The Morgan fingerprint density at radius 3 is 2.95 bits per heavy atom. The summed E-state index contributed by atoms with van der Waals surface area (Å²) in [6.07, 6.45) is 6.09. The van der Waals surface area contributed by atoms with Crippen LogP contribution in [0.5, 0.6) is 5.75 Å². The highest BCUT2D eigenvalue weighted by Gasteiger charge is 2.17. The molecule has 1 aliphatic rings. The van der Waals surface area contributed by atoms with Crippen molar-refractivity contribution in [3.63, 3.8) is 0 Å². The molecule has 2 heterocycles. The highest BCUT2D eigenvalue weighted by atomic mass is 35.5. The Bertz CT molecular complexity index is 585. The number of hydrogen-bond donors (Lipinski definition) is 1. The van der Waals surface area contributed by atoms with Crippen molar-refractivity contribution in [1.29, 1.82) is 0 Å².